The van der Waals surface area contributed by atoms with Gasteiger partial charge in [-0.2, -0.15) is 0 Å². The molecule has 86 valence electrons. The van der Waals surface area contributed by atoms with Crippen molar-refractivity contribution >= 4 is 5.97 Å². The molecule has 4 heteroatoms. The highest BCUT2D eigenvalue weighted by atomic mass is 16.6. The van der Waals surface area contributed by atoms with Gasteiger partial charge >= 0.3 is 5.97 Å². The van der Waals surface area contributed by atoms with Crippen molar-refractivity contribution in [3.05, 3.63) is 0 Å². The zero-order valence-electron chi connectivity index (χ0n) is 9.69. The first-order chi connectivity index (χ1) is 6.87. The summed E-state index contributed by atoms with van der Waals surface area (Å²) < 4.78 is 5.26. The number of fused-ring (bicyclic) bond motifs is 1. The van der Waals surface area contributed by atoms with E-state index in [0.29, 0.717) is 0 Å². The summed E-state index contributed by atoms with van der Waals surface area (Å²) >= 11 is 0. The molecular formula is C11H20N2O2. The molecule has 1 heterocycles. The zero-order valence-corrected chi connectivity index (χ0v) is 9.69. The van der Waals surface area contributed by atoms with Crippen LogP contribution in [0.2, 0.25) is 0 Å². The third kappa shape index (κ3) is 2.49. The highest BCUT2D eigenvalue weighted by Gasteiger charge is 2.47. The molecule has 2 rings (SSSR count). The van der Waals surface area contributed by atoms with Crippen LogP contribution in [-0.4, -0.2) is 35.7 Å². The van der Waals surface area contributed by atoms with Crippen molar-refractivity contribution in [2.75, 3.05) is 13.1 Å². The van der Waals surface area contributed by atoms with Crippen molar-refractivity contribution in [2.45, 2.75) is 39.0 Å². The van der Waals surface area contributed by atoms with Crippen LogP contribution in [0.5, 0.6) is 0 Å². The molecule has 15 heavy (non-hydrogen) atoms. The van der Waals surface area contributed by atoms with Gasteiger partial charge in [-0.3, -0.25) is 4.90 Å². The SMILES string of the molecule is CC(C)(C)OC(=O)C(N)N1CC2CC2C1. The van der Waals surface area contributed by atoms with Crippen LogP contribution < -0.4 is 5.73 Å². The van der Waals surface area contributed by atoms with E-state index in [1.807, 2.05) is 25.7 Å². The van der Waals surface area contributed by atoms with Crippen LogP contribution in [0, 0.1) is 11.8 Å². The monoisotopic (exact) mass is 212 g/mol. The van der Waals surface area contributed by atoms with Gasteiger partial charge in [0.05, 0.1) is 0 Å². The molecule has 1 saturated carbocycles. The minimum absolute atomic E-state index is 0.302. The fourth-order valence-electron chi connectivity index (χ4n) is 2.17. The lowest BCUT2D eigenvalue weighted by Gasteiger charge is -2.27. The lowest BCUT2D eigenvalue weighted by molar-refractivity contribution is -0.161. The average molecular weight is 212 g/mol. The molecule has 0 spiro atoms. The zero-order chi connectivity index (χ0) is 11.2. The molecule has 2 aliphatic rings. The van der Waals surface area contributed by atoms with Gasteiger partial charge in [0.1, 0.15) is 5.60 Å². The predicted molar refractivity (Wildman–Crippen MR) is 57.0 cm³/mol. The fraction of sp³-hybridized carbons (Fsp3) is 0.909. The Morgan fingerprint density at radius 3 is 2.40 bits per heavy atom. The van der Waals surface area contributed by atoms with Crippen LogP contribution in [0.15, 0.2) is 0 Å². The number of carbonyl (C=O) groups excluding carboxylic acids is 1. The standard InChI is InChI=1S/C11H20N2O2/c1-11(2,3)15-10(14)9(12)13-5-7-4-8(7)6-13/h7-9H,4-6,12H2,1-3H3. The van der Waals surface area contributed by atoms with Crippen LogP contribution in [0.3, 0.4) is 0 Å². The molecule has 0 aromatic rings. The maximum atomic E-state index is 11.7. The fourth-order valence-corrected chi connectivity index (χ4v) is 2.17. The van der Waals surface area contributed by atoms with Crippen molar-refractivity contribution in [3.63, 3.8) is 0 Å². The number of nitrogens with two attached hydrogens (primary N) is 1. The van der Waals surface area contributed by atoms with E-state index in [1.165, 1.54) is 6.42 Å². The molecule has 2 N–H and O–H groups in total. The Kier molecular flexibility index (Phi) is 2.51. The number of likely N-dealkylation sites (tertiary alicyclic amines) is 1. The minimum atomic E-state index is -0.572. The second-order valence-electron chi connectivity index (χ2n) is 5.69. The Morgan fingerprint density at radius 1 is 1.40 bits per heavy atom. The van der Waals surface area contributed by atoms with Gasteiger partial charge < -0.3 is 10.5 Å². The van der Waals surface area contributed by atoms with E-state index in [-0.39, 0.29) is 5.97 Å². The van der Waals surface area contributed by atoms with Gasteiger partial charge in [-0.05, 0) is 39.0 Å². The van der Waals surface area contributed by atoms with E-state index in [9.17, 15) is 4.79 Å². The molecule has 0 radical (unpaired) electrons. The van der Waals surface area contributed by atoms with Crippen molar-refractivity contribution in [3.8, 4) is 0 Å². The second-order valence-corrected chi connectivity index (χ2v) is 5.69. The van der Waals surface area contributed by atoms with Crippen LogP contribution in [0.4, 0.5) is 0 Å². The van der Waals surface area contributed by atoms with Crippen LogP contribution in [0.1, 0.15) is 27.2 Å². The number of hydrogen-bond donors (Lipinski definition) is 1. The average Bonchev–Trinajstić information content (AvgIpc) is 2.69. The van der Waals surface area contributed by atoms with E-state index in [0.717, 1.165) is 24.9 Å². The molecule has 3 unspecified atom stereocenters. The molecular weight excluding hydrogens is 192 g/mol. The maximum absolute atomic E-state index is 11.7. The largest absolute Gasteiger partial charge is 0.458 e. The Bertz CT molecular complexity index is 262. The molecule has 1 aliphatic carbocycles. The number of esters is 1. The molecule has 2 fully saturated rings. The third-order valence-corrected chi connectivity index (χ3v) is 3.05. The summed E-state index contributed by atoms with van der Waals surface area (Å²) in [4.78, 5) is 13.7. The summed E-state index contributed by atoms with van der Waals surface area (Å²) in [5.74, 6) is 1.28. The summed E-state index contributed by atoms with van der Waals surface area (Å²) in [5.41, 5.74) is 5.42. The number of ether oxygens (including phenoxy) is 1. The summed E-state index contributed by atoms with van der Waals surface area (Å²) in [6, 6.07) is 0. The van der Waals surface area contributed by atoms with Crippen LogP contribution in [0.25, 0.3) is 0 Å². The molecule has 1 aliphatic heterocycles. The molecule has 0 aromatic carbocycles. The van der Waals surface area contributed by atoms with Gasteiger partial charge in [0.25, 0.3) is 0 Å². The van der Waals surface area contributed by atoms with Gasteiger partial charge in [-0.25, -0.2) is 4.79 Å². The topological polar surface area (TPSA) is 55.6 Å². The highest BCUT2D eigenvalue weighted by molar-refractivity contribution is 5.75. The highest BCUT2D eigenvalue weighted by Crippen LogP contribution is 2.45. The van der Waals surface area contributed by atoms with E-state index in [2.05, 4.69) is 0 Å². The van der Waals surface area contributed by atoms with Crippen molar-refractivity contribution < 1.29 is 9.53 Å². The minimum Gasteiger partial charge on any atom is -0.458 e. The molecule has 0 bridgehead atoms. The van der Waals surface area contributed by atoms with Crippen LogP contribution >= 0.6 is 0 Å². The van der Waals surface area contributed by atoms with Gasteiger partial charge in [-0.15, -0.1) is 0 Å². The first-order valence-corrected chi connectivity index (χ1v) is 5.59. The lowest BCUT2D eigenvalue weighted by atomic mass is 10.2. The summed E-state index contributed by atoms with van der Waals surface area (Å²) in [5, 5.41) is 0. The molecule has 0 aromatic heterocycles. The van der Waals surface area contributed by atoms with Crippen molar-refractivity contribution in [2.24, 2.45) is 17.6 Å². The Hall–Kier alpha value is -0.610. The third-order valence-electron chi connectivity index (χ3n) is 3.05. The number of piperidine rings is 1. The second kappa shape index (κ2) is 3.46. The number of rotatable bonds is 2. The maximum Gasteiger partial charge on any atom is 0.338 e. The van der Waals surface area contributed by atoms with Gasteiger partial charge in [0.2, 0.25) is 0 Å². The number of carbonyl (C=O) groups is 1. The Morgan fingerprint density at radius 2 is 1.93 bits per heavy atom. The predicted octanol–water partition coefficient (Wildman–Crippen LogP) is 0.565. The summed E-state index contributed by atoms with van der Waals surface area (Å²) in [6.45, 7) is 7.51. The quantitative estimate of drug-likeness (QED) is 0.680. The summed E-state index contributed by atoms with van der Waals surface area (Å²) in [6.07, 6.45) is 0.745. The lowest BCUT2D eigenvalue weighted by Crippen LogP contribution is -2.49. The van der Waals surface area contributed by atoms with E-state index >= 15 is 0 Å². The van der Waals surface area contributed by atoms with E-state index < -0.39 is 11.8 Å². The first kappa shape index (κ1) is 10.9. The first-order valence-electron chi connectivity index (χ1n) is 5.59. The van der Waals surface area contributed by atoms with Gasteiger partial charge in [0.15, 0.2) is 6.17 Å². The van der Waals surface area contributed by atoms with Gasteiger partial charge in [-0.1, -0.05) is 0 Å². The number of nitrogens with zero attached hydrogens (tertiary/aromatic N) is 1. The Labute approximate surface area is 90.8 Å². The summed E-state index contributed by atoms with van der Waals surface area (Å²) in [7, 11) is 0. The van der Waals surface area contributed by atoms with Crippen molar-refractivity contribution in [1.29, 1.82) is 0 Å². The normalized spacial score (nSPS) is 32.3. The Balaban J connectivity index is 1.84. The number of hydrogen-bond acceptors (Lipinski definition) is 4. The molecule has 4 nitrogen and oxygen atoms in total. The van der Waals surface area contributed by atoms with E-state index in [1.54, 1.807) is 0 Å². The molecule has 3 atom stereocenters. The van der Waals surface area contributed by atoms with Crippen LogP contribution in [-0.2, 0) is 9.53 Å². The smallest absolute Gasteiger partial charge is 0.338 e. The molecule has 1 saturated heterocycles. The molecule has 0 amide bonds. The van der Waals surface area contributed by atoms with E-state index in [4.69, 9.17) is 10.5 Å². The van der Waals surface area contributed by atoms with Crippen molar-refractivity contribution in [1.82, 2.24) is 4.90 Å². The van der Waals surface area contributed by atoms with Gasteiger partial charge in [0, 0.05) is 13.1 Å².